The van der Waals surface area contributed by atoms with Gasteiger partial charge in [-0.3, -0.25) is 9.59 Å². The van der Waals surface area contributed by atoms with Crippen molar-refractivity contribution in [1.29, 1.82) is 0 Å². The van der Waals surface area contributed by atoms with Crippen LogP contribution in [0.3, 0.4) is 0 Å². The number of nitrogens with one attached hydrogen (secondary N) is 1. The maximum Gasteiger partial charge on any atom is 0.247 e. The predicted octanol–water partition coefficient (Wildman–Crippen LogP) is 4.86. The number of hydrogen-bond acceptors (Lipinski definition) is 3. The van der Waals surface area contributed by atoms with Crippen LogP contribution in [-0.2, 0) is 16.0 Å². The number of unbranched alkanes of at least 4 members (excludes halogenated alkanes) is 1. The van der Waals surface area contributed by atoms with Crippen molar-refractivity contribution in [3.63, 3.8) is 0 Å². The summed E-state index contributed by atoms with van der Waals surface area (Å²) in [6.45, 7) is 2.56. The molecule has 1 atom stereocenters. The number of carbonyl (C=O) groups excluding carboxylic acids is 2. The van der Waals surface area contributed by atoms with Crippen molar-refractivity contribution in [3.8, 4) is 0 Å². The number of halogens is 1. The van der Waals surface area contributed by atoms with Crippen LogP contribution in [0.4, 0.5) is 4.39 Å². The van der Waals surface area contributed by atoms with Crippen LogP contribution in [0, 0.1) is 5.82 Å². The number of hydrogen-bond donors (Lipinski definition) is 1. The second-order valence-corrected chi connectivity index (χ2v) is 8.67. The first-order valence-corrected chi connectivity index (χ1v) is 11.3. The van der Waals surface area contributed by atoms with Crippen molar-refractivity contribution in [2.24, 2.45) is 0 Å². The van der Waals surface area contributed by atoms with Gasteiger partial charge in [0.25, 0.3) is 0 Å². The Morgan fingerprint density at radius 1 is 1.21 bits per heavy atom. The first-order valence-electron chi connectivity index (χ1n) is 10.5. The van der Waals surface area contributed by atoms with E-state index in [2.05, 4.69) is 12.2 Å². The van der Waals surface area contributed by atoms with E-state index in [0.29, 0.717) is 12.1 Å². The molecule has 1 saturated carbocycles. The summed E-state index contributed by atoms with van der Waals surface area (Å²) in [7, 11) is 0. The number of amides is 2. The van der Waals surface area contributed by atoms with Gasteiger partial charge >= 0.3 is 0 Å². The highest BCUT2D eigenvalue weighted by molar-refractivity contribution is 7.10. The highest BCUT2D eigenvalue weighted by atomic mass is 32.1. The number of carbonyl (C=O) groups is 2. The quantitative estimate of drug-likeness (QED) is 0.635. The molecule has 0 spiro atoms. The lowest BCUT2D eigenvalue weighted by molar-refractivity contribution is -0.140. The largest absolute Gasteiger partial charge is 0.351 e. The molecule has 1 fully saturated rings. The lowest BCUT2D eigenvalue weighted by Crippen LogP contribution is -2.46. The van der Waals surface area contributed by atoms with Crippen LogP contribution in [0.1, 0.15) is 61.9 Å². The minimum atomic E-state index is -0.741. The lowest BCUT2D eigenvalue weighted by atomic mass is 10.0. The molecule has 6 heteroatoms. The highest BCUT2D eigenvalue weighted by Crippen LogP contribution is 2.26. The number of nitrogens with zero attached hydrogens (tertiary/aromatic N) is 1. The van der Waals surface area contributed by atoms with Gasteiger partial charge in [-0.2, -0.15) is 0 Å². The molecule has 29 heavy (non-hydrogen) atoms. The average Bonchev–Trinajstić information content (AvgIpc) is 3.40. The van der Waals surface area contributed by atoms with Crippen molar-refractivity contribution >= 4 is 23.2 Å². The van der Waals surface area contributed by atoms with Gasteiger partial charge in [0.15, 0.2) is 0 Å². The molecule has 0 aliphatic heterocycles. The topological polar surface area (TPSA) is 49.4 Å². The molecule has 1 unspecified atom stereocenters. The predicted molar refractivity (Wildman–Crippen MR) is 114 cm³/mol. The number of thiophene rings is 1. The van der Waals surface area contributed by atoms with Gasteiger partial charge in [0, 0.05) is 17.5 Å². The van der Waals surface area contributed by atoms with Gasteiger partial charge in [0.05, 0.1) is 6.42 Å². The van der Waals surface area contributed by atoms with Crippen molar-refractivity contribution < 1.29 is 14.0 Å². The Morgan fingerprint density at radius 2 is 1.93 bits per heavy atom. The maximum atomic E-state index is 13.5. The van der Waals surface area contributed by atoms with E-state index in [0.717, 1.165) is 43.4 Å². The monoisotopic (exact) mass is 416 g/mol. The molecule has 1 N–H and O–H groups in total. The van der Waals surface area contributed by atoms with Gasteiger partial charge in [0.2, 0.25) is 11.8 Å². The third-order valence-corrected chi connectivity index (χ3v) is 6.30. The fraction of sp³-hybridized carbons (Fsp3) is 0.478. The summed E-state index contributed by atoms with van der Waals surface area (Å²) in [5, 5.41) is 5.09. The summed E-state index contributed by atoms with van der Waals surface area (Å²) in [6, 6.07) is 9.22. The first-order chi connectivity index (χ1) is 14.1. The first kappa shape index (κ1) is 21.5. The minimum absolute atomic E-state index is 0.0724. The summed E-state index contributed by atoms with van der Waals surface area (Å²) in [5.41, 5.74) is 0.650. The molecule has 3 rings (SSSR count). The molecular weight excluding hydrogens is 387 g/mol. The summed E-state index contributed by atoms with van der Waals surface area (Å²) in [5.74, 6) is -0.593. The van der Waals surface area contributed by atoms with Crippen LogP contribution < -0.4 is 5.32 Å². The van der Waals surface area contributed by atoms with Crippen molar-refractivity contribution in [1.82, 2.24) is 10.2 Å². The van der Waals surface area contributed by atoms with Crippen LogP contribution in [0.25, 0.3) is 0 Å². The SMILES string of the molecule is CCCCN(C(=O)Cc1cccs1)C(C(=O)NC1CCCC1)c1ccc(F)cc1. The van der Waals surface area contributed by atoms with E-state index in [9.17, 15) is 14.0 Å². The highest BCUT2D eigenvalue weighted by Gasteiger charge is 2.32. The molecular formula is C23H29FN2O2S. The third kappa shape index (κ3) is 5.89. The second-order valence-electron chi connectivity index (χ2n) is 7.64. The standard InChI is InChI=1S/C23H29FN2O2S/c1-2-3-14-26(21(27)16-20-9-6-15-29-20)22(17-10-12-18(24)13-11-17)23(28)25-19-7-4-5-8-19/h6,9-13,15,19,22H,2-5,7-8,14,16H2,1H3,(H,25,28). The van der Waals surface area contributed by atoms with Crippen LogP contribution in [-0.4, -0.2) is 29.3 Å². The molecule has 1 aromatic carbocycles. The van der Waals surface area contributed by atoms with Crippen molar-refractivity contribution in [3.05, 3.63) is 58.0 Å². The zero-order valence-corrected chi connectivity index (χ0v) is 17.7. The van der Waals surface area contributed by atoms with E-state index < -0.39 is 6.04 Å². The summed E-state index contributed by atoms with van der Waals surface area (Å²) in [4.78, 5) is 29.2. The minimum Gasteiger partial charge on any atom is -0.351 e. The summed E-state index contributed by atoms with van der Waals surface area (Å²) in [6.07, 6.45) is 6.18. The average molecular weight is 417 g/mol. The van der Waals surface area contributed by atoms with E-state index in [1.54, 1.807) is 17.0 Å². The maximum absolute atomic E-state index is 13.5. The molecule has 1 aliphatic carbocycles. The van der Waals surface area contributed by atoms with E-state index in [-0.39, 0.29) is 30.1 Å². The van der Waals surface area contributed by atoms with E-state index in [4.69, 9.17) is 0 Å². The van der Waals surface area contributed by atoms with Gasteiger partial charge in [0.1, 0.15) is 11.9 Å². The Hall–Kier alpha value is -2.21. The lowest BCUT2D eigenvalue weighted by Gasteiger charge is -2.32. The smallest absolute Gasteiger partial charge is 0.247 e. The van der Waals surface area contributed by atoms with Crippen molar-refractivity contribution in [2.75, 3.05) is 6.54 Å². The molecule has 156 valence electrons. The molecule has 0 saturated heterocycles. The van der Waals surface area contributed by atoms with E-state index in [1.807, 2.05) is 17.5 Å². The molecule has 0 radical (unpaired) electrons. The Labute approximate surface area is 176 Å². The number of benzene rings is 1. The van der Waals surface area contributed by atoms with Gasteiger partial charge in [-0.1, -0.05) is 44.4 Å². The fourth-order valence-electron chi connectivity index (χ4n) is 3.86. The zero-order valence-electron chi connectivity index (χ0n) is 16.9. The molecule has 2 aromatic rings. The van der Waals surface area contributed by atoms with E-state index in [1.165, 1.54) is 23.5 Å². The van der Waals surface area contributed by atoms with Gasteiger partial charge in [-0.25, -0.2) is 4.39 Å². The molecule has 1 aliphatic rings. The Bertz CT molecular complexity index is 786. The van der Waals surface area contributed by atoms with Gasteiger partial charge < -0.3 is 10.2 Å². The normalized spacial score (nSPS) is 15.2. The molecule has 0 bridgehead atoms. The Balaban J connectivity index is 1.88. The van der Waals surface area contributed by atoms with Gasteiger partial charge in [-0.05, 0) is 48.4 Å². The van der Waals surface area contributed by atoms with Crippen molar-refractivity contribution in [2.45, 2.75) is 64.0 Å². The third-order valence-electron chi connectivity index (χ3n) is 5.43. The molecule has 1 heterocycles. The number of rotatable bonds is 9. The van der Waals surface area contributed by atoms with Crippen LogP contribution >= 0.6 is 11.3 Å². The van der Waals surface area contributed by atoms with Crippen LogP contribution in [0.2, 0.25) is 0 Å². The summed E-state index contributed by atoms with van der Waals surface area (Å²) >= 11 is 1.54. The zero-order chi connectivity index (χ0) is 20.6. The van der Waals surface area contributed by atoms with Crippen LogP contribution in [0.15, 0.2) is 41.8 Å². The van der Waals surface area contributed by atoms with Crippen LogP contribution in [0.5, 0.6) is 0 Å². The molecule has 1 aromatic heterocycles. The van der Waals surface area contributed by atoms with Gasteiger partial charge in [-0.15, -0.1) is 11.3 Å². The second kappa shape index (κ2) is 10.5. The molecule has 2 amide bonds. The summed E-state index contributed by atoms with van der Waals surface area (Å²) < 4.78 is 13.5. The molecule has 4 nitrogen and oxygen atoms in total. The Morgan fingerprint density at radius 3 is 2.55 bits per heavy atom. The fourth-order valence-corrected chi connectivity index (χ4v) is 4.55. The Kier molecular flexibility index (Phi) is 7.81. The van der Waals surface area contributed by atoms with E-state index >= 15 is 0 Å².